The van der Waals surface area contributed by atoms with E-state index in [-0.39, 0.29) is 5.91 Å². The van der Waals surface area contributed by atoms with Crippen molar-refractivity contribution in [3.8, 4) is 0 Å². The van der Waals surface area contributed by atoms with Crippen LogP contribution in [-0.2, 0) is 13.0 Å². The van der Waals surface area contributed by atoms with Crippen molar-refractivity contribution in [2.75, 3.05) is 0 Å². The first-order valence-corrected chi connectivity index (χ1v) is 8.63. The maximum Gasteiger partial charge on any atom is 0.271 e. The second-order valence-electron chi connectivity index (χ2n) is 5.56. The lowest BCUT2D eigenvalue weighted by Crippen LogP contribution is -2.23. The van der Waals surface area contributed by atoms with E-state index in [1.165, 1.54) is 16.9 Å². The Morgan fingerprint density at radius 2 is 1.88 bits per heavy atom. The Balaban J connectivity index is 1.39. The summed E-state index contributed by atoms with van der Waals surface area (Å²) in [5.41, 5.74) is 3.92. The molecule has 4 rings (SSSR count). The Bertz CT molecular complexity index is 1010. The van der Waals surface area contributed by atoms with Crippen LogP contribution < -0.4 is 5.32 Å². The standard InChI is InChI=1S/C18H14N4O2S/c23-18(19-10-13-6-7-14-15(8-13)22-24-21-14)16-11-25-17(20-16)9-12-4-2-1-3-5-12/h1-8,11H,9-10H2,(H,19,23). The van der Waals surface area contributed by atoms with Crippen molar-refractivity contribution < 1.29 is 9.42 Å². The molecular weight excluding hydrogens is 336 g/mol. The molecule has 1 N–H and O–H groups in total. The van der Waals surface area contributed by atoms with Crippen molar-refractivity contribution in [1.29, 1.82) is 0 Å². The van der Waals surface area contributed by atoms with Crippen LogP contribution in [0.15, 0.2) is 58.5 Å². The van der Waals surface area contributed by atoms with Gasteiger partial charge in [-0.05, 0) is 33.6 Å². The number of benzene rings is 2. The molecular formula is C18H14N4O2S. The molecule has 0 aliphatic rings. The van der Waals surface area contributed by atoms with Gasteiger partial charge in [0.2, 0.25) is 0 Å². The number of thiazole rings is 1. The summed E-state index contributed by atoms with van der Waals surface area (Å²) in [5.74, 6) is -0.186. The second-order valence-corrected chi connectivity index (χ2v) is 6.50. The fourth-order valence-corrected chi connectivity index (χ4v) is 3.29. The van der Waals surface area contributed by atoms with Crippen LogP contribution in [0.3, 0.4) is 0 Å². The summed E-state index contributed by atoms with van der Waals surface area (Å²) in [6.07, 6.45) is 0.731. The first-order chi connectivity index (χ1) is 12.3. The predicted octanol–water partition coefficient (Wildman–Crippen LogP) is 3.20. The molecule has 1 amide bonds. The monoisotopic (exact) mass is 350 g/mol. The maximum absolute atomic E-state index is 12.3. The molecule has 0 radical (unpaired) electrons. The molecule has 25 heavy (non-hydrogen) atoms. The van der Waals surface area contributed by atoms with Crippen molar-refractivity contribution >= 4 is 28.3 Å². The molecule has 2 aromatic carbocycles. The number of hydrogen-bond donors (Lipinski definition) is 1. The molecule has 0 fully saturated rings. The third-order valence-corrected chi connectivity index (χ3v) is 4.60. The van der Waals surface area contributed by atoms with E-state index in [0.29, 0.717) is 23.3 Å². The molecule has 0 saturated carbocycles. The zero-order chi connectivity index (χ0) is 17.1. The van der Waals surface area contributed by atoms with Crippen LogP contribution in [0, 0.1) is 0 Å². The number of aromatic nitrogens is 3. The van der Waals surface area contributed by atoms with Crippen molar-refractivity contribution in [2.45, 2.75) is 13.0 Å². The highest BCUT2D eigenvalue weighted by Gasteiger charge is 2.11. The van der Waals surface area contributed by atoms with Crippen LogP contribution in [0.4, 0.5) is 0 Å². The predicted molar refractivity (Wildman–Crippen MR) is 94.3 cm³/mol. The van der Waals surface area contributed by atoms with Gasteiger partial charge in [-0.15, -0.1) is 11.3 Å². The highest BCUT2D eigenvalue weighted by molar-refractivity contribution is 7.09. The van der Waals surface area contributed by atoms with Crippen molar-refractivity contribution in [3.63, 3.8) is 0 Å². The van der Waals surface area contributed by atoms with E-state index < -0.39 is 0 Å². The lowest BCUT2D eigenvalue weighted by Gasteiger charge is -2.03. The van der Waals surface area contributed by atoms with E-state index in [9.17, 15) is 4.79 Å². The van der Waals surface area contributed by atoms with Crippen LogP contribution in [0.25, 0.3) is 11.0 Å². The van der Waals surface area contributed by atoms with Gasteiger partial charge in [0.25, 0.3) is 5.91 Å². The van der Waals surface area contributed by atoms with E-state index >= 15 is 0 Å². The van der Waals surface area contributed by atoms with Gasteiger partial charge in [0.05, 0.1) is 5.01 Å². The molecule has 0 atom stereocenters. The summed E-state index contributed by atoms with van der Waals surface area (Å²) in [6, 6.07) is 15.6. The Kier molecular flexibility index (Phi) is 4.22. The molecule has 124 valence electrons. The molecule has 0 bridgehead atoms. The molecule has 0 spiro atoms. The fraction of sp³-hybridized carbons (Fsp3) is 0.111. The van der Waals surface area contributed by atoms with Gasteiger partial charge >= 0.3 is 0 Å². The summed E-state index contributed by atoms with van der Waals surface area (Å²) in [4.78, 5) is 16.7. The SMILES string of the molecule is O=C(NCc1ccc2nonc2c1)c1csc(Cc2ccccc2)n1. The topological polar surface area (TPSA) is 80.9 Å². The van der Waals surface area contributed by atoms with Gasteiger partial charge in [0.1, 0.15) is 16.7 Å². The van der Waals surface area contributed by atoms with Crippen molar-refractivity contribution in [3.05, 3.63) is 75.7 Å². The Hall–Kier alpha value is -3.06. The lowest BCUT2D eigenvalue weighted by atomic mass is 10.2. The quantitative estimate of drug-likeness (QED) is 0.598. The van der Waals surface area contributed by atoms with Gasteiger partial charge in [0.15, 0.2) is 0 Å². The Morgan fingerprint density at radius 1 is 1.04 bits per heavy atom. The molecule has 6 nitrogen and oxygen atoms in total. The van der Waals surface area contributed by atoms with Gasteiger partial charge in [-0.2, -0.15) is 0 Å². The Morgan fingerprint density at radius 3 is 2.76 bits per heavy atom. The smallest absolute Gasteiger partial charge is 0.271 e. The van der Waals surface area contributed by atoms with Crippen LogP contribution in [0.2, 0.25) is 0 Å². The fourth-order valence-electron chi connectivity index (χ4n) is 2.48. The minimum atomic E-state index is -0.186. The summed E-state index contributed by atoms with van der Waals surface area (Å²) < 4.78 is 4.67. The molecule has 0 saturated heterocycles. The third-order valence-electron chi connectivity index (χ3n) is 3.75. The minimum absolute atomic E-state index is 0.186. The zero-order valence-corrected chi connectivity index (χ0v) is 14.0. The Labute approximate surface area is 147 Å². The third kappa shape index (κ3) is 3.56. The largest absolute Gasteiger partial charge is 0.347 e. The van der Waals surface area contributed by atoms with Gasteiger partial charge in [-0.1, -0.05) is 36.4 Å². The summed E-state index contributed by atoms with van der Waals surface area (Å²) >= 11 is 1.49. The number of nitrogens with one attached hydrogen (secondary N) is 1. The van der Waals surface area contributed by atoms with Gasteiger partial charge in [-0.25, -0.2) is 9.61 Å². The number of rotatable bonds is 5. The van der Waals surface area contributed by atoms with E-state index in [1.807, 2.05) is 36.4 Å². The van der Waals surface area contributed by atoms with Crippen LogP contribution >= 0.6 is 11.3 Å². The first kappa shape index (κ1) is 15.5. The molecule has 7 heteroatoms. The first-order valence-electron chi connectivity index (χ1n) is 7.76. The average molecular weight is 350 g/mol. The zero-order valence-electron chi connectivity index (χ0n) is 13.2. The normalized spacial score (nSPS) is 10.9. The highest BCUT2D eigenvalue weighted by Crippen LogP contribution is 2.15. The highest BCUT2D eigenvalue weighted by atomic mass is 32.1. The molecule has 0 aliphatic heterocycles. The van der Waals surface area contributed by atoms with Crippen LogP contribution in [0.1, 0.15) is 26.6 Å². The molecule has 2 aromatic heterocycles. The van der Waals surface area contributed by atoms with E-state index in [0.717, 1.165) is 17.0 Å². The molecule has 0 unspecified atom stereocenters. The van der Waals surface area contributed by atoms with Crippen LogP contribution in [0.5, 0.6) is 0 Å². The number of amides is 1. The van der Waals surface area contributed by atoms with Crippen molar-refractivity contribution in [1.82, 2.24) is 20.6 Å². The summed E-state index contributed by atoms with van der Waals surface area (Å²) in [5, 5.41) is 13.1. The summed E-state index contributed by atoms with van der Waals surface area (Å²) in [7, 11) is 0. The number of carbonyl (C=O) groups excluding carboxylic acids is 1. The van der Waals surface area contributed by atoms with Gasteiger partial charge in [-0.3, -0.25) is 4.79 Å². The number of nitrogens with zero attached hydrogens (tertiary/aromatic N) is 3. The molecule has 4 aromatic rings. The maximum atomic E-state index is 12.3. The summed E-state index contributed by atoms with van der Waals surface area (Å²) in [6.45, 7) is 0.396. The van der Waals surface area contributed by atoms with E-state index in [1.54, 1.807) is 5.38 Å². The minimum Gasteiger partial charge on any atom is -0.347 e. The molecule has 2 heterocycles. The lowest BCUT2D eigenvalue weighted by molar-refractivity contribution is 0.0946. The number of hydrogen-bond acceptors (Lipinski definition) is 6. The van der Waals surface area contributed by atoms with E-state index in [4.69, 9.17) is 0 Å². The average Bonchev–Trinajstić information content (AvgIpc) is 3.29. The van der Waals surface area contributed by atoms with Crippen molar-refractivity contribution in [2.24, 2.45) is 0 Å². The van der Waals surface area contributed by atoms with Crippen LogP contribution in [-0.4, -0.2) is 21.2 Å². The second kappa shape index (κ2) is 6.82. The molecule has 0 aliphatic carbocycles. The number of carbonyl (C=O) groups is 1. The van der Waals surface area contributed by atoms with E-state index in [2.05, 4.69) is 37.4 Å². The van der Waals surface area contributed by atoms with Gasteiger partial charge < -0.3 is 5.32 Å². The van der Waals surface area contributed by atoms with Gasteiger partial charge in [0, 0.05) is 18.3 Å². The number of fused-ring (bicyclic) bond motifs is 1.